The second-order valence-corrected chi connectivity index (χ2v) is 3.84. The van der Waals surface area contributed by atoms with Crippen LogP contribution in [0.2, 0.25) is 0 Å². The Labute approximate surface area is 96.9 Å². The van der Waals surface area contributed by atoms with E-state index in [1.165, 1.54) is 0 Å². The fourth-order valence-electron chi connectivity index (χ4n) is 1.72. The predicted octanol–water partition coefficient (Wildman–Crippen LogP) is 2.67. The Morgan fingerprint density at radius 3 is 2.19 bits per heavy atom. The number of nitrogens with two attached hydrogens (primary N) is 1. The van der Waals surface area contributed by atoms with E-state index in [0.29, 0.717) is 0 Å². The highest BCUT2D eigenvalue weighted by Crippen LogP contribution is 2.35. The van der Waals surface area contributed by atoms with Gasteiger partial charge in [-0.3, -0.25) is 0 Å². The number of hydrogen-bond acceptors (Lipinski definition) is 3. The standard InChI is InChI=1S/C13H19NO2/c1-9(2)8-10(14)13-11(15-3)6-5-7-12(13)16-4/h5-7,10H,1,8,14H2,2-4H3/t10-/m1/s1. The Morgan fingerprint density at radius 1 is 1.31 bits per heavy atom. The summed E-state index contributed by atoms with van der Waals surface area (Å²) in [5.74, 6) is 1.52. The first-order valence-corrected chi connectivity index (χ1v) is 5.21. The van der Waals surface area contributed by atoms with Gasteiger partial charge in [0.15, 0.2) is 0 Å². The van der Waals surface area contributed by atoms with Crippen LogP contribution in [-0.2, 0) is 0 Å². The number of rotatable bonds is 5. The molecule has 0 bridgehead atoms. The van der Waals surface area contributed by atoms with Crippen molar-refractivity contribution in [3.8, 4) is 11.5 Å². The summed E-state index contributed by atoms with van der Waals surface area (Å²) < 4.78 is 10.6. The third-order valence-corrected chi connectivity index (χ3v) is 2.41. The average Bonchev–Trinajstić information content (AvgIpc) is 2.26. The molecule has 0 saturated heterocycles. The van der Waals surface area contributed by atoms with Crippen LogP contribution >= 0.6 is 0 Å². The largest absolute Gasteiger partial charge is 0.496 e. The first-order valence-electron chi connectivity index (χ1n) is 5.21. The van der Waals surface area contributed by atoms with Gasteiger partial charge in [0.05, 0.1) is 19.8 Å². The topological polar surface area (TPSA) is 44.5 Å². The zero-order chi connectivity index (χ0) is 12.1. The van der Waals surface area contributed by atoms with Crippen molar-refractivity contribution in [2.75, 3.05) is 14.2 Å². The second kappa shape index (κ2) is 5.56. The molecule has 0 aliphatic heterocycles. The second-order valence-electron chi connectivity index (χ2n) is 3.84. The lowest BCUT2D eigenvalue weighted by atomic mass is 9.99. The maximum absolute atomic E-state index is 6.13. The molecule has 1 rings (SSSR count). The van der Waals surface area contributed by atoms with Gasteiger partial charge in [0.1, 0.15) is 11.5 Å². The van der Waals surface area contributed by atoms with Gasteiger partial charge in [-0.2, -0.15) is 0 Å². The first kappa shape index (κ1) is 12.6. The minimum Gasteiger partial charge on any atom is -0.496 e. The summed E-state index contributed by atoms with van der Waals surface area (Å²) in [5.41, 5.74) is 8.07. The van der Waals surface area contributed by atoms with Crippen LogP contribution in [0.4, 0.5) is 0 Å². The lowest BCUT2D eigenvalue weighted by molar-refractivity contribution is 0.379. The lowest BCUT2D eigenvalue weighted by Gasteiger charge is -2.18. The van der Waals surface area contributed by atoms with Crippen molar-refractivity contribution >= 4 is 0 Å². The van der Waals surface area contributed by atoms with E-state index in [-0.39, 0.29) is 6.04 Å². The average molecular weight is 221 g/mol. The van der Waals surface area contributed by atoms with Gasteiger partial charge in [0.2, 0.25) is 0 Å². The molecule has 3 heteroatoms. The highest BCUT2D eigenvalue weighted by atomic mass is 16.5. The number of benzene rings is 1. The van der Waals surface area contributed by atoms with Gasteiger partial charge >= 0.3 is 0 Å². The molecule has 0 aromatic heterocycles. The van der Waals surface area contributed by atoms with Crippen LogP contribution in [-0.4, -0.2) is 14.2 Å². The molecule has 1 atom stereocenters. The van der Waals surface area contributed by atoms with Crippen molar-refractivity contribution in [1.82, 2.24) is 0 Å². The lowest BCUT2D eigenvalue weighted by Crippen LogP contribution is -2.13. The summed E-state index contributed by atoms with van der Waals surface area (Å²) >= 11 is 0. The van der Waals surface area contributed by atoms with E-state index in [1.54, 1.807) is 14.2 Å². The Morgan fingerprint density at radius 2 is 1.81 bits per heavy atom. The molecule has 0 saturated carbocycles. The molecule has 16 heavy (non-hydrogen) atoms. The molecule has 1 aromatic rings. The molecule has 0 amide bonds. The maximum atomic E-state index is 6.13. The third kappa shape index (κ3) is 2.76. The van der Waals surface area contributed by atoms with Crippen LogP contribution in [0.25, 0.3) is 0 Å². The van der Waals surface area contributed by atoms with Gasteiger partial charge in [0, 0.05) is 6.04 Å². The Hall–Kier alpha value is -1.48. The third-order valence-electron chi connectivity index (χ3n) is 2.41. The molecular formula is C13H19NO2. The van der Waals surface area contributed by atoms with E-state index in [4.69, 9.17) is 15.2 Å². The molecule has 2 N–H and O–H groups in total. The van der Waals surface area contributed by atoms with Crippen molar-refractivity contribution in [3.63, 3.8) is 0 Å². The monoisotopic (exact) mass is 221 g/mol. The SMILES string of the molecule is C=C(C)C[C@@H](N)c1c(OC)cccc1OC. The zero-order valence-corrected chi connectivity index (χ0v) is 10.1. The van der Waals surface area contributed by atoms with Crippen LogP contribution in [0, 0.1) is 0 Å². The first-order chi connectivity index (χ1) is 7.60. The molecular weight excluding hydrogens is 202 g/mol. The van der Waals surface area contributed by atoms with Crippen LogP contribution in [0.5, 0.6) is 11.5 Å². The molecule has 88 valence electrons. The molecule has 0 aliphatic carbocycles. The van der Waals surface area contributed by atoms with E-state index in [0.717, 1.165) is 29.1 Å². The van der Waals surface area contributed by atoms with Crippen molar-refractivity contribution in [3.05, 3.63) is 35.9 Å². The Kier molecular flexibility index (Phi) is 4.38. The van der Waals surface area contributed by atoms with Gasteiger partial charge in [-0.05, 0) is 25.5 Å². The summed E-state index contributed by atoms with van der Waals surface area (Å²) in [5, 5.41) is 0. The zero-order valence-electron chi connectivity index (χ0n) is 10.1. The highest BCUT2D eigenvalue weighted by molar-refractivity contribution is 5.47. The van der Waals surface area contributed by atoms with E-state index in [1.807, 2.05) is 25.1 Å². The minimum atomic E-state index is -0.149. The van der Waals surface area contributed by atoms with Crippen LogP contribution in [0.1, 0.15) is 24.9 Å². The maximum Gasteiger partial charge on any atom is 0.127 e. The highest BCUT2D eigenvalue weighted by Gasteiger charge is 2.17. The number of ether oxygens (including phenoxy) is 2. The number of hydrogen-bond donors (Lipinski definition) is 1. The molecule has 0 radical (unpaired) electrons. The van der Waals surface area contributed by atoms with Crippen LogP contribution in [0.3, 0.4) is 0 Å². The van der Waals surface area contributed by atoms with Crippen molar-refractivity contribution in [1.29, 1.82) is 0 Å². The van der Waals surface area contributed by atoms with E-state index in [9.17, 15) is 0 Å². The van der Waals surface area contributed by atoms with Crippen molar-refractivity contribution in [2.45, 2.75) is 19.4 Å². The normalized spacial score (nSPS) is 12.0. The Bertz CT molecular complexity index is 352. The summed E-state index contributed by atoms with van der Waals surface area (Å²) in [4.78, 5) is 0. The molecule has 0 heterocycles. The van der Waals surface area contributed by atoms with E-state index >= 15 is 0 Å². The molecule has 0 spiro atoms. The predicted molar refractivity (Wildman–Crippen MR) is 65.9 cm³/mol. The molecule has 0 unspecified atom stereocenters. The molecule has 1 aromatic carbocycles. The fourth-order valence-corrected chi connectivity index (χ4v) is 1.72. The summed E-state index contributed by atoms with van der Waals surface area (Å²) in [7, 11) is 3.26. The molecule has 0 fully saturated rings. The van der Waals surface area contributed by atoms with Crippen molar-refractivity contribution in [2.24, 2.45) is 5.73 Å². The Balaban J connectivity index is 3.12. The quantitative estimate of drug-likeness (QED) is 0.777. The fraction of sp³-hybridized carbons (Fsp3) is 0.385. The van der Waals surface area contributed by atoms with Gasteiger partial charge in [0.25, 0.3) is 0 Å². The van der Waals surface area contributed by atoms with Gasteiger partial charge in [-0.1, -0.05) is 11.6 Å². The van der Waals surface area contributed by atoms with Crippen molar-refractivity contribution < 1.29 is 9.47 Å². The summed E-state index contributed by atoms with van der Waals surface area (Å²) in [6.07, 6.45) is 0.719. The van der Waals surface area contributed by atoms with E-state index < -0.39 is 0 Å². The van der Waals surface area contributed by atoms with Crippen LogP contribution in [0.15, 0.2) is 30.4 Å². The van der Waals surface area contributed by atoms with Gasteiger partial charge < -0.3 is 15.2 Å². The summed E-state index contributed by atoms with van der Waals surface area (Å²) in [6, 6.07) is 5.50. The minimum absolute atomic E-state index is 0.149. The van der Waals surface area contributed by atoms with Gasteiger partial charge in [-0.15, -0.1) is 6.58 Å². The van der Waals surface area contributed by atoms with Crippen LogP contribution < -0.4 is 15.2 Å². The molecule has 0 aliphatic rings. The van der Waals surface area contributed by atoms with Gasteiger partial charge in [-0.25, -0.2) is 0 Å². The van der Waals surface area contributed by atoms with E-state index in [2.05, 4.69) is 6.58 Å². The number of methoxy groups -OCH3 is 2. The molecule has 3 nitrogen and oxygen atoms in total. The smallest absolute Gasteiger partial charge is 0.127 e. The summed E-state index contributed by atoms with van der Waals surface area (Å²) in [6.45, 7) is 5.83.